The van der Waals surface area contributed by atoms with Gasteiger partial charge in [0.15, 0.2) is 0 Å². The maximum atomic E-state index is 12.3. The number of carbonyl (C=O) groups is 1. The fraction of sp³-hybridized carbons (Fsp3) is 0.267. The molecule has 2 N–H and O–H groups in total. The number of rotatable bonds is 7. The van der Waals surface area contributed by atoms with Crippen LogP contribution in [0.25, 0.3) is 0 Å². The lowest BCUT2D eigenvalue weighted by Gasteiger charge is -2.09. The molecule has 1 aromatic heterocycles. The van der Waals surface area contributed by atoms with Crippen LogP contribution in [0.2, 0.25) is 0 Å². The number of amides is 1. The standard InChI is InChI=1S/C15H18N2O4S2/c1-3-21-13-7-5-4-6-12(13)15(18)17-10-11-8-9-14(22-11)23(19,20)16-2/h4-9,16H,3,10H2,1-2H3,(H,17,18). The van der Waals surface area contributed by atoms with Gasteiger partial charge < -0.3 is 10.1 Å². The van der Waals surface area contributed by atoms with E-state index < -0.39 is 10.0 Å². The summed E-state index contributed by atoms with van der Waals surface area (Å²) in [6, 6.07) is 10.2. The van der Waals surface area contributed by atoms with Gasteiger partial charge in [0.2, 0.25) is 10.0 Å². The molecule has 2 aromatic rings. The summed E-state index contributed by atoms with van der Waals surface area (Å²) in [4.78, 5) is 13.0. The summed E-state index contributed by atoms with van der Waals surface area (Å²) in [5.74, 6) is 0.262. The fourth-order valence-corrected chi connectivity index (χ4v) is 4.03. The largest absolute Gasteiger partial charge is 0.493 e. The second-order valence-corrected chi connectivity index (χ2v) is 7.82. The number of hydrogen-bond acceptors (Lipinski definition) is 5. The highest BCUT2D eigenvalue weighted by Gasteiger charge is 2.15. The van der Waals surface area contributed by atoms with Crippen molar-refractivity contribution in [2.24, 2.45) is 0 Å². The van der Waals surface area contributed by atoms with Crippen molar-refractivity contribution in [2.75, 3.05) is 13.7 Å². The molecule has 0 aliphatic rings. The van der Waals surface area contributed by atoms with Crippen molar-refractivity contribution in [3.63, 3.8) is 0 Å². The minimum atomic E-state index is -3.45. The average molecular weight is 354 g/mol. The number of hydrogen-bond donors (Lipinski definition) is 2. The summed E-state index contributed by atoms with van der Waals surface area (Å²) in [6.45, 7) is 2.58. The van der Waals surface area contributed by atoms with Gasteiger partial charge in [0.05, 0.1) is 18.7 Å². The molecule has 0 bridgehead atoms. The number of sulfonamides is 1. The SMILES string of the molecule is CCOc1ccccc1C(=O)NCc1ccc(S(=O)(=O)NC)s1. The van der Waals surface area contributed by atoms with E-state index in [0.717, 1.165) is 16.2 Å². The number of benzene rings is 1. The Morgan fingerprint density at radius 2 is 1.96 bits per heavy atom. The highest BCUT2D eigenvalue weighted by molar-refractivity contribution is 7.91. The molecule has 0 atom stereocenters. The summed E-state index contributed by atoms with van der Waals surface area (Å²) < 4.78 is 31.3. The van der Waals surface area contributed by atoms with Gasteiger partial charge in [-0.2, -0.15) is 0 Å². The van der Waals surface area contributed by atoms with Gasteiger partial charge in [-0.1, -0.05) is 12.1 Å². The van der Waals surface area contributed by atoms with Crippen molar-refractivity contribution < 1.29 is 17.9 Å². The van der Waals surface area contributed by atoms with Crippen LogP contribution in [0, 0.1) is 0 Å². The molecule has 0 fully saturated rings. The molecule has 1 aromatic carbocycles. The Kier molecular flexibility index (Phi) is 5.75. The van der Waals surface area contributed by atoms with Crippen LogP contribution in [-0.4, -0.2) is 28.0 Å². The third-order valence-electron chi connectivity index (χ3n) is 3.03. The zero-order chi connectivity index (χ0) is 16.9. The van der Waals surface area contributed by atoms with E-state index in [2.05, 4.69) is 10.0 Å². The van der Waals surface area contributed by atoms with Crippen LogP contribution in [0.15, 0.2) is 40.6 Å². The van der Waals surface area contributed by atoms with E-state index in [1.807, 2.05) is 6.92 Å². The molecule has 8 heteroatoms. The normalized spacial score (nSPS) is 11.2. The van der Waals surface area contributed by atoms with Crippen molar-refractivity contribution in [1.29, 1.82) is 0 Å². The highest BCUT2D eigenvalue weighted by Crippen LogP contribution is 2.22. The van der Waals surface area contributed by atoms with E-state index >= 15 is 0 Å². The van der Waals surface area contributed by atoms with Crippen molar-refractivity contribution in [3.05, 3.63) is 46.8 Å². The predicted octanol–water partition coefficient (Wildman–Crippen LogP) is 1.98. The van der Waals surface area contributed by atoms with Crippen LogP contribution in [0.3, 0.4) is 0 Å². The molecule has 0 aliphatic heterocycles. The summed E-state index contributed by atoms with van der Waals surface area (Å²) in [6.07, 6.45) is 0. The molecule has 1 heterocycles. The Morgan fingerprint density at radius 1 is 1.22 bits per heavy atom. The first-order chi connectivity index (χ1) is 11.0. The first kappa shape index (κ1) is 17.5. The van der Waals surface area contributed by atoms with E-state index in [4.69, 9.17) is 4.74 Å². The number of ether oxygens (including phenoxy) is 1. The third kappa shape index (κ3) is 4.31. The van der Waals surface area contributed by atoms with Gasteiger partial charge in [0, 0.05) is 4.88 Å². The van der Waals surface area contributed by atoms with Crippen LogP contribution < -0.4 is 14.8 Å². The molecular formula is C15H18N2O4S2. The van der Waals surface area contributed by atoms with Crippen molar-refractivity contribution in [1.82, 2.24) is 10.0 Å². The molecule has 6 nitrogen and oxygen atoms in total. The number of thiophene rings is 1. The summed E-state index contributed by atoms with van der Waals surface area (Å²) >= 11 is 1.12. The second kappa shape index (κ2) is 7.58. The van der Waals surface area contributed by atoms with Crippen molar-refractivity contribution >= 4 is 27.3 Å². The van der Waals surface area contributed by atoms with Crippen molar-refractivity contribution in [3.8, 4) is 5.75 Å². The monoisotopic (exact) mass is 354 g/mol. The van der Waals surface area contributed by atoms with Gasteiger partial charge in [-0.3, -0.25) is 4.79 Å². The lowest BCUT2D eigenvalue weighted by molar-refractivity contribution is 0.0947. The van der Waals surface area contributed by atoms with Crippen LogP contribution in [-0.2, 0) is 16.6 Å². The van der Waals surface area contributed by atoms with E-state index in [-0.39, 0.29) is 16.7 Å². The Balaban J connectivity index is 2.06. The smallest absolute Gasteiger partial charge is 0.255 e. The lowest BCUT2D eigenvalue weighted by atomic mass is 10.2. The maximum absolute atomic E-state index is 12.3. The Morgan fingerprint density at radius 3 is 2.65 bits per heavy atom. The van der Waals surface area contributed by atoms with Gasteiger partial charge in [0.1, 0.15) is 9.96 Å². The Hall–Kier alpha value is -1.90. The molecule has 0 radical (unpaired) electrons. The molecule has 0 saturated heterocycles. The minimum absolute atomic E-state index is 0.221. The van der Waals surface area contributed by atoms with Crippen LogP contribution >= 0.6 is 11.3 Å². The summed E-state index contributed by atoms with van der Waals surface area (Å²) in [7, 11) is -2.08. The average Bonchev–Trinajstić information content (AvgIpc) is 3.03. The topological polar surface area (TPSA) is 84.5 Å². The van der Waals surface area contributed by atoms with Crippen LogP contribution in [0.5, 0.6) is 5.75 Å². The van der Waals surface area contributed by atoms with Crippen LogP contribution in [0.4, 0.5) is 0 Å². The molecule has 0 spiro atoms. The van der Waals surface area contributed by atoms with Gasteiger partial charge >= 0.3 is 0 Å². The third-order valence-corrected chi connectivity index (χ3v) is 6.02. The molecule has 23 heavy (non-hydrogen) atoms. The van der Waals surface area contributed by atoms with E-state index in [1.54, 1.807) is 30.3 Å². The number of para-hydroxylation sites is 1. The number of nitrogens with one attached hydrogen (secondary N) is 2. The van der Waals surface area contributed by atoms with Gasteiger partial charge in [-0.05, 0) is 38.2 Å². The quantitative estimate of drug-likeness (QED) is 0.796. The molecule has 1 amide bonds. The zero-order valence-electron chi connectivity index (χ0n) is 12.8. The summed E-state index contributed by atoms with van der Waals surface area (Å²) in [5.41, 5.74) is 0.453. The summed E-state index contributed by atoms with van der Waals surface area (Å²) in [5, 5.41) is 2.77. The van der Waals surface area contributed by atoms with Crippen LogP contribution in [0.1, 0.15) is 22.2 Å². The molecule has 0 saturated carbocycles. The van der Waals surface area contributed by atoms with Gasteiger partial charge in [0.25, 0.3) is 5.91 Å². The second-order valence-electron chi connectivity index (χ2n) is 4.54. The van der Waals surface area contributed by atoms with E-state index in [1.165, 1.54) is 13.1 Å². The molecular weight excluding hydrogens is 336 g/mol. The minimum Gasteiger partial charge on any atom is -0.493 e. The first-order valence-corrected chi connectivity index (χ1v) is 9.30. The van der Waals surface area contributed by atoms with E-state index in [0.29, 0.717) is 17.9 Å². The zero-order valence-corrected chi connectivity index (χ0v) is 14.5. The molecule has 0 unspecified atom stereocenters. The lowest BCUT2D eigenvalue weighted by Crippen LogP contribution is -2.23. The molecule has 0 aliphatic carbocycles. The number of carbonyl (C=O) groups excluding carboxylic acids is 1. The van der Waals surface area contributed by atoms with Gasteiger partial charge in [-0.15, -0.1) is 11.3 Å². The molecule has 124 valence electrons. The maximum Gasteiger partial charge on any atom is 0.255 e. The highest BCUT2D eigenvalue weighted by atomic mass is 32.2. The fourth-order valence-electron chi connectivity index (χ4n) is 1.90. The Labute approximate surface area is 139 Å². The predicted molar refractivity (Wildman–Crippen MR) is 89.3 cm³/mol. The first-order valence-electron chi connectivity index (χ1n) is 7.00. The van der Waals surface area contributed by atoms with E-state index in [9.17, 15) is 13.2 Å². The van der Waals surface area contributed by atoms with Gasteiger partial charge in [-0.25, -0.2) is 13.1 Å². The van der Waals surface area contributed by atoms with Crippen molar-refractivity contribution in [2.45, 2.75) is 17.7 Å². The molecule has 2 rings (SSSR count). The Bertz CT molecular complexity index is 784.